The Morgan fingerprint density at radius 2 is 2.32 bits per heavy atom. The topological polar surface area (TPSA) is 93.5 Å². The highest BCUT2D eigenvalue weighted by molar-refractivity contribution is 5.92. The number of nitrogens with zero attached hydrogens (tertiary/aromatic N) is 2. The average molecular weight is 269 g/mol. The molecule has 0 radical (unpaired) electrons. The van der Waals surface area contributed by atoms with Gasteiger partial charge in [-0.1, -0.05) is 0 Å². The van der Waals surface area contributed by atoms with Crippen molar-refractivity contribution in [2.45, 2.75) is 25.9 Å². The van der Waals surface area contributed by atoms with Gasteiger partial charge >= 0.3 is 0 Å². The molecule has 1 atom stereocenters. The lowest BCUT2D eigenvalue weighted by Gasteiger charge is -2.12. The van der Waals surface area contributed by atoms with Crippen molar-refractivity contribution in [1.29, 1.82) is 0 Å². The minimum absolute atomic E-state index is 0.00219. The number of carbonyl (C=O) groups excluding carboxylic acids is 1. The zero-order valence-electron chi connectivity index (χ0n) is 11.1. The number of aliphatic hydroxyl groups excluding tert-OH is 1. The third-order valence-electron chi connectivity index (χ3n) is 2.55. The maximum Gasteiger partial charge on any atom is 0.271 e. The van der Waals surface area contributed by atoms with E-state index in [2.05, 4.69) is 10.4 Å². The summed E-state index contributed by atoms with van der Waals surface area (Å²) in [5.74, 6) is -0.368. The number of rotatable bonds is 7. The number of aliphatic hydroxyl groups is 1. The highest BCUT2D eigenvalue weighted by Gasteiger charge is 2.12. The Hall–Kier alpha value is -1.73. The summed E-state index contributed by atoms with van der Waals surface area (Å²) in [6, 6.07) is 2.53. The number of methoxy groups -OCH3 is 1. The molecular weight excluding hydrogens is 250 g/mol. The van der Waals surface area contributed by atoms with Gasteiger partial charge in [-0.3, -0.25) is 9.59 Å². The van der Waals surface area contributed by atoms with Crippen LogP contribution in [0, 0.1) is 0 Å². The van der Waals surface area contributed by atoms with Gasteiger partial charge in [-0.2, -0.15) is 5.10 Å². The highest BCUT2D eigenvalue weighted by Crippen LogP contribution is 1.95. The third kappa shape index (κ3) is 4.80. The van der Waals surface area contributed by atoms with Crippen LogP contribution in [-0.4, -0.2) is 47.2 Å². The van der Waals surface area contributed by atoms with Gasteiger partial charge in [-0.25, -0.2) is 4.68 Å². The highest BCUT2D eigenvalue weighted by atomic mass is 16.5. The van der Waals surface area contributed by atoms with E-state index in [-0.39, 0.29) is 29.8 Å². The standard InChI is InChI=1S/C12H19N3O4/c1-9(5-7-16)13-12(18)10-3-4-11(17)15(14-10)6-8-19-2/h3-4,9,16H,5-8H2,1-2H3,(H,13,18). The molecule has 0 aliphatic carbocycles. The van der Waals surface area contributed by atoms with E-state index in [9.17, 15) is 9.59 Å². The molecule has 7 nitrogen and oxygen atoms in total. The number of hydrogen-bond acceptors (Lipinski definition) is 5. The predicted octanol–water partition coefficient (Wildman–Crippen LogP) is -0.610. The van der Waals surface area contributed by atoms with Crippen molar-refractivity contribution in [3.63, 3.8) is 0 Å². The van der Waals surface area contributed by atoms with Crippen LogP contribution in [0.4, 0.5) is 0 Å². The molecule has 1 rings (SSSR count). The Morgan fingerprint density at radius 1 is 1.58 bits per heavy atom. The predicted molar refractivity (Wildman–Crippen MR) is 69.0 cm³/mol. The Balaban J connectivity index is 2.77. The number of carbonyl (C=O) groups is 1. The first-order chi connectivity index (χ1) is 9.08. The van der Waals surface area contributed by atoms with E-state index in [1.54, 1.807) is 6.92 Å². The van der Waals surface area contributed by atoms with Crippen molar-refractivity contribution in [3.8, 4) is 0 Å². The molecular formula is C12H19N3O4. The van der Waals surface area contributed by atoms with Crippen molar-refractivity contribution >= 4 is 5.91 Å². The molecule has 0 aliphatic heterocycles. The molecule has 1 heterocycles. The van der Waals surface area contributed by atoms with Gasteiger partial charge in [0.1, 0.15) is 5.69 Å². The second-order valence-electron chi connectivity index (χ2n) is 4.16. The van der Waals surface area contributed by atoms with E-state index < -0.39 is 0 Å². The zero-order chi connectivity index (χ0) is 14.3. The lowest BCUT2D eigenvalue weighted by Crippen LogP contribution is -2.35. The summed E-state index contributed by atoms with van der Waals surface area (Å²) in [5.41, 5.74) is -0.113. The molecule has 0 aromatic carbocycles. The summed E-state index contributed by atoms with van der Waals surface area (Å²) in [6.07, 6.45) is 0.467. The first kappa shape index (κ1) is 15.3. The molecule has 0 saturated carbocycles. The molecule has 1 aromatic heterocycles. The summed E-state index contributed by atoms with van der Waals surface area (Å²) < 4.78 is 6.06. The van der Waals surface area contributed by atoms with Gasteiger partial charge in [0.25, 0.3) is 11.5 Å². The Morgan fingerprint density at radius 3 is 2.95 bits per heavy atom. The van der Waals surface area contributed by atoms with Gasteiger partial charge in [0.2, 0.25) is 0 Å². The third-order valence-corrected chi connectivity index (χ3v) is 2.55. The molecule has 1 amide bonds. The van der Waals surface area contributed by atoms with Crippen LogP contribution < -0.4 is 10.9 Å². The van der Waals surface area contributed by atoms with E-state index in [0.717, 1.165) is 0 Å². The molecule has 0 saturated heterocycles. The molecule has 19 heavy (non-hydrogen) atoms. The quantitative estimate of drug-likeness (QED) is 0.689. The number of amides is 1. The summed E-state index contributed by atoms with van der Waals surface area (Å²) in [5, 5.41) is 15.4. The van der Waals surface area contributed by atoms with Crippen molar-refractivity contribution in [1.82, 2.24) is 15.1 Å². The van der Waals surface area contributed by atoms with Crippen LogP contribution in [0.2, 0.25) is 0 Å². The summed E-state index contributed by atoms with van der Waals surface area (Å²) >= 11 is 0. The minimum atomic E-state index is -0.368. The van der Waals surface area contributed by atoms with E-state index in [0.29, 0.717) is 19.6 Å². The fraction of sp³-hybridized carbons (Fsp3) is 0.583. The fourth-order valence-electron chi connectivity index (χ4n) is 1.47. The Labute approximate surface area is 111 Å². The Kier molecular flexibility index (Phi) is 6.17. The van der Waals surface area contributed by atoms with Gasteiger partial charge in [-0.05, 0) is 19.4 Å². The summed E-state index contributed by atoms with van der Waals surface area (Å²) in [6.45, 7) is 2.43. The minimum Gasteiger partial charge on any atom is -0.396 e. The molecule has 2 N–H and O–H groups in total. The van der Waals surface area contributed by atoms with E-state index in [1.165, 1.54) is 23.9 Å². The van der Waals surface area contributed by atoms with Crippen LogP contribution in [0.25, 0.3) is 0 Å². The van der Waals surface area contributed by atoms with E-state index >= 15 is 0 Å². The van der Waals surface area contributed by atoms with Crippen LogP contribution in [0.15, 0.2) is 16.9 Å². The summed E-state index contributed by atoms with van der Waals surface area (Å²) in [4.78, 5) is 23.4. The van der Waals surface area contributed by atoms with Crippen LogP contribution in [0.1, 0.15) is 23.8 Å². The average Bonchev–Trinajstić information content (AvgIpc) is 2.37. The first-order valence-electron chi connectivity index (χ1n) is 6.07. The summed E-state index contributed by atoms with van der Waals surface area (Å²) in [7, 11) is 1.53. The molecule has 0 bridgehead atoms. The van der Waals surface area contributed by atoms with Gasteiger partial charge in [-0.15, -0.1) is 0 Å². The maximum absolute atomic E-state index is 11.9. The smallest absolute Gasteiger partial charge is 0.271 e. The number of aromatic nitrogens is 2. The van der Waals surface area contributed by atoms with Crippen molar-refractivity contribution in [2.24, 2.45) is 0 Å². The molecule has 0 spiro atoms. The van der Waals surface area contributed by atoms with Crippen LogP contribution >= 0.6 is 0 Å². The fourth-order valence-corrected chi connectivity index (χ4v) is 1.47. The lowest BCUT2D eigenvalue weighted by atomic mass is 10.2. The molecule has 106 valence electrons. The van der Waals surface area contributed by atoms with Gasteiger partial charge in [0.05, 0.1) is 13.2 Å². The van der Waals surface area contributed by atoms with E-state index in [1.807, 2.05) is 0 Å². The van der Waals surface area contributed by atoms with Gasteiger partial charge in [0, 0.05) is 25.8 Å². The van der Waals surface area contributed by atoms with Crippen molar-refractivity contribution in [3.05, 3.63) is 28.2 Å². The molecule has 0 aliphatic rings. The van der Waals surface area contributed by atoms with E-state index in [4.69, 9.17) is 9.84 Å². The van der Waals surface area contributed by atoms with Crippen molar-refractivity contribution in [2.75, 3.05) is 20.3 Å². The zero-order valence-corrected chi connectivity index (χ0v) is 11.1. The SMILES string of the molecule is COCCn1nc(C(=O)NC(C)CCO)ccc1=O. The normalized spacial score (nSPS) is 12.2. The van der Waals surface area contributed by atoms with Crippen molar-refractivity contribution < 1.29 is 14.6 Å². The second kappa shape index (κ2) is 7.65. The van der Waals surface area contributed by atoms with Crippen LogP contribution in [-0.2, 0) is 11.3 Å². The molecule has 1 aromatic rings. The number of hydrogen-bond donors (Lipinski definition) is 2. The van der Waals surface area contributed by atoms with Crippen LogP contribution in [0.3, 0.4) is 0 Å². The molecule has 1 unspecified atom stereocenters. The maximum atomic E-state index is 11.9. The Bertz CT molecular complexity index is 472. The second-order valence-corrected chi connectivity index (χ2v) is 4.16. The first-order valence-corrected chi connectivity index (χ1v) is 6.07. The monoisotopic (exact) mass is 269 g/mol. The largest absolute Gasteiger partial charge is 0.396 e. The number of ether oxygens (including phenoxy) is 1. The molecule has 7 heteroatoms. The van der Waals surface area contributed by atoms with Crippen LogP contribution in [0.5, 0.6) is 0 Å². The van der Waals surface area contributed by atoms with Gasteiger partial charge < -0.3 is 15.2 Å². The molecule has 0 fully saturated rings. The van der Waals surface area contributed by atoms with Gasteiger partial charge in [0.15, 0.2) is 0 Å². The lowest BCUT2D eigenvalue weighted by molar-refractivity contribution is 0.0925. The number of nitrogens with one attached hydrogen (secondary N) is 1.